The van der Waals surface area contributed by atoms with Gasteiger partial charge < -0.3 is 0 Å². The summed E-state index contributed by atoms with van der Waals surface area (Å²) in [4.78, 5) is 0. The molecule has 2 aliphatic carbocycles. The van der Waals surface area contributed by atoms with Crippen LogP contribution in [0.15, 0.2) is 30.3 Å². The molecule has 140 valence electrons. The Kier molecular flexibility index (Phi) is 5.00. The number of nitriles is 1. The van der Waals surface area contributed by atoms with E-state index in [0.717, 1.165) is 30.7 Å². The molecule has 3 unspecified atom stereocenters. The summed E-state index contributed by atoms with van der Waals surface area (Å²) in [5, 5.41) is 8.89. The molecule has 0 bridgehead atoms. The highest BCUT2D eigenvalue weighted by atomic mass is 19.1. The van der Waals surface area contributed by atoms with Crippen molar-refractivity contribution in [3.63, 3.8) is 0 Å². The second-order valence-electron chi connectivity index (χ2n) is 8.17. The molecule has 3 atom stereocenters. The minimum Gasteiger partial charge on any atom is -0.206 e. The Labute approximate surface area is 160 Å². The zero-order valence-corrected chi connectivity index (χ0v) is 15.8. The van der Waals surface area contributed by atoms with E-state index < -0.39 is 5.82 Å². The fourth-order valence-electron chi connectivity index (χ4n) is 5.32. The van der Waals surface area contributed by atoms with Gasteiger partial charge in [-0.05, 0) is 78.7 Å². The number of fused-ring (bicyclic) bond motifs is 3. The molecule has 0 aromatic heterocycles. The molecule has 2 aromatic rings. The summed E-state index contributed by atoms with van der Waals surface area (Å²) in [6.07, 6.45) is 8.08. The van der Waals surface area contributed by atoms with Crippen LogP contribution in [0.1, 0.15) is 68.1 Å². The predicted molar refractivity (Wildman–Crippen MR) is 103 cm³/mol. The van der Waals surface area contributed by atoms with Crippen molar-refractivity contribution in [1.29, 1.82) is 5.26 Å². The summed E-state index contributed by atoms with van der Waals surface area (Å²) >= 11 is 0. The summed E-state index contributed by atoms with van der Waals surface area (Å²) in [7, 11) is 0. The first-order valence-corrected chi connectivity index (χ1v) is 10.1. The quantitative estimate of drug-likeness (QED) is 0.590. The van der Waals surface area contributed by atoms with Crippen molar-refractivity contribution >= 4 is 0 Å². The van der Waals surface area contributed by atoms with Crippen LogP contribution in [0.5, 0.6) is 0 Å². The van der Waals surface area contributed by atoms with Crippen LogP contribution in [0.25, 0.3) is 11.1 Å². The number of nitrogens with zero attached hydrogens (tertiary/aromatic N) is 1. The van der Waals surface area contributed by atoms with E-state index in [-0.39, 0.29) is 11.4 Å². The maximum Gasteiger partial charge on any atom is 0.141 e. The minimum atomic E-state index is -0.596. The molecule has 0 N–H and O–H groups in total. The highest BCUT2D eigenvalue weighted by Gasteiger charge is 2.36. The minimum absolute atomic E-state index is 0.0104. The first-order valence-electron chi connectivity index (χ1n) is 10.1. The average Bonchev–Trinajstić information content (AvgIpc) is 2.68. The Hall–Kier alpha value is -2.21. The molecule has 1 fully saturated rings. The Morgan fingerprint density at radius 1 is 1.11 bits per heavy atom. The number of benzene rings is 2. The standard InChI is InChI=1S/C24H25F2N/c1-2-3-15-4-8-19-16(12-15)7-9-22-21(19)11-10-20(24(22)26)17-5-6-18(14-27)23(25)13-17/h5-6,10-11,13,15-16,19H,2-4,7-9,12H2,1H3. The monoisotopic (exact) mass is 365 g/mol. The Balaban J connectivity index is 1.66. The molecular weight excluding hydrogens is 340 g/mol. The van der Waals surface area contributed by atoms with Gasteiger partial charge in [0.05, 0.1) is 5.56 Å². The first kappa shape index (κ1) is 18.2. The van der Waals surface area contributed by atoms with Crippen LogP contribution in [0.3, 0.4) is 0 Å². The number of hydrogen-bond acceptors (Lipinski definition) is 1. The molecule has 0 radical (unpaired) electrons. The third kappa shape index (κ3) is 3.27. The predicted octanol–water partition coefficient (Wildman–Crippen LogP) is 6.75. The molecule has 4 rings (SSSR count). The maximum absolute atomic E-state index is 15.3. The molecule has 2 aromatic carbocycles. The molecule has 3 heteroatoms. The Bertz CT molecular complexity index is 896. The van der Waals surface area contributed by atoms with Crippen LogP contribution in [-0.2, 0) is 6.42 Å². The van der Waals surface area contributed by atoms with Crippen molar-refractivity contribution in [3.05, 3.63) is 58.7 Å². The number of hydrogen-bond donors (Lipinski definition) is 0. The lowest BCUT2D eigenvalue weighted by atomic mass is 9.64. The largest absolute Gasteiger partial charge is 0.206 e. The van der Waals surface area contributed by atoms with E-state index >= 15 is 4.39 Å². The summed E-state index contributed by atoms with van der Waals surface area (Å²) in [6.45, 7) is 2.26. The maximum atomic E-state index is 15.3. The lowest BCUT2D eigenvalue weighted by Crippen LogP contribution is -2.28. The fourth-order valence-corrected chi connectivity index (χ4v) is 5.32. The van der Waals surface area contributed by atoms with Gasteiger partial charge in [0.15, 0.2) is 0 Å². The average molecular weight is 365 g/mol. The van der Waals surface area contributed by atoms with Gasteiger partial charge in [-0.3, -0.25) is 0 Å². The van der Waals surface area contributed by atoms with Crippen molar-refractivity contribution < 1.29 is 8.78 Å². The van der Waals surface area contributed by atoms with Crippen LogP contribution < -0.4 is 0 Å². The van der Waals surface area contributed by atoms with E-state index in [1.165, 1.54) is 43.4 Å². The van der Waals surface area contributed by atoms with Gasteiger partial charge in [-0.15, -0.1) is 0 Å². The fraction of sp³-hybridized carbons (Fsp3) is 0.458. The van der Waals surface area contributed by atoms with Crippen molar-refractivity contribution in [3.8, 4) is 17.2 Å². The Morgan fingerprint density at radius 3 is 2.70 bits per heavy atom. The molecule has 1 nitrogen and oxygen atoms in total. The number of rotatable bonds is 3. The molecular formula is C24H25F2N. The van der Waals surface area contributed by atoms with Crippen LogP contribution in [-0.4, -0.2) is 0 Å². The van der Waals surface area contributed by atoms with E-state index in [1.807, 2.05) is 6.07 Å². The molecule has 1 saturated carbocycles. The van der Waals surface area contributed by atoms with E-state index in [0.29, 0.717) is 23.0 Å². The third-order valence-corrected chi connectivity index (χ3v) is 6.63. The van der Waals surface area contributed by atoms with Crippen molar-refractivity contribution in [2.24, 2.45) is 11.8 Å². The Morgan fingerprint density at radius 2 is 1.96 bits per heavy atom. The van der Waals surface area contributed by atoms with Gasteiger partial charge in [0.2, 0.25) is 0 Å². The van der Waals surface area contributed by atoms with Crippen LogP contribution >= 0.6 is 0 Å². The molecule has 0 saturated heterocycles. The van der Waals surface area contributed by atoms with Crippen molar-refractivity contribution in [2.45, 2.75) is 57.8 Å². The van der Waals surface area contributed by atoms with Crippen LogP contribution in [0.4, 0.5) is 8.78 Å². The summed E-state index contributed by atoms with van der Waals surface area (Å²) in [6, 6.07) is 10.0. The summed E-state index contributed by atoms with van der Waals surface area (Å²) < 4.78 is 29.3. The summed E-state index contributed by atoms with van der Waals surface area (Å²) in [5.74, 6) is 1.19. The van der Waals surface area contributed by atoms with Gasteiger partial charge in [-0.2, -0.15) is 5.26 Å². The molecule has 0 spiro atoms. The van der Waals surface area contributed by atoms with Crippen LogP contribution in [0, 0.1) is 34.8 Å². The molecule has 0 heterocycles. The van der Waals surface area contributed by atoms with Gasteiger partial charge >= 0.3 is 0 Å². The highest BCUT2D eigenvalue weighted by Crippen LogP contribution is 2.49. The molecule has 0 amide bonds. The van der Waals surface area contributed by atoms with Gasteiger partial charge in [0, 0.05) is 5.56 Å². The zero-order valence-electron chi connectivity index (χ0n) is 15.8. The SMILES string of the molecule is CCCC1CCC2c3ccc(-c4ccc(C#N)c(F)c4)c(F)c3CCC2C1. The summed E-state index contributed by atoms with van der Waals surface area (Å²) in [5.41, 5.74) is 2.93. The van der Waals surface area contributed by atoms with Crippen molar-refractivity contribution in [2.75, 3.05) is 0 Å². The smallest absolute Gasteiger partial charge is 0.141 e. The second-order valence-corrected chi connectivity index (χ2v) is 8.17. The van der Waals surface area contributed by atoms with Gasteiger partial charge in [-0.25, -0.2) is 8.78 Å². The van der Waals surface area contributed by atoms with E-state index in [9.17, 15) is 4.39 Å². The van der Waals surface area contributed by atoms with E-state index in [4.69, 9.17) is 5.26 Å². The molecule has 0 aliphatic heterocycles. The van der Waals surface area contributed by atoms with Gasteiger partial charge in [0.1, 0.15) is 17.7 Å². The zero-order chi connectivity index (χ0) is 19.0. The van der Waals surface area contributed by atoms with Crippen molar-refractivity contribution in [1.82, 2.24) is 0 Å². The van der Waals surface area contributed by atoms with Gasteiger partial charge in [0.25, 0.3) is 0 Å². The first-order chi connectivity index (χ1) is 13.1. The molecule has 27 heavy (non-hydrogen) atoms. The van der Waals surface area contributed by atoms with E-state index in [1.54, 1.807) is 12.1 Å². The highest BCUT2D eigenvalue weighted by molar-refractivity contribution is 5.67. The lowest BCUT2D eigenvalue weighted by Gasteiger charge is -2.41. The molecule has 2 aliphatic rings. The van der Waals surface area contributed by atoms with Gasteiger partial charge in [-0.1, -0.05) is 38.0 Å². The normalized spacial score (nSPS) is 24.0. The van der Waals surface area contributed by atoms with E-state index in [2.05, 4.69) is 13.0 Å². The van der Waals surface area contributed by atoms with Crippen LogP contribution in [0.2, 0.25) is 0 Å². The second kappa shape index (κ2) is 7.43. The lowest BCUT2D eigenvalue weighted by molar-refractivity contribution is 0.200. The topological polar surface area (TPSA) is 23.8 Å². The third-order valence-electron chi connectivity index (χ3n) is 6.63. The number of halogens is 2.